The SMILES string of the molecule is Cc1ccc2c(c1)CCCN2C(=O)c1ccc([N+](=O)[O-])c(C)c1. The van der Waals surface area contributed by atoms with Gasteiger partial charge in [0.1, 0.15) is 0 Å². The molecule has 0 unspecified atom stereocenters. The first-order valence-electron chi connectivity index (χ1n) is 7.64. The van der Waals surface area contributed by atoms with Crippen molar-refractivity contribution in [1.82, 2.24) is 0 Å². The Bertz CT molecular complexity index is 799. The molecule has 0 bridgehead atoms. The van der Waals surface area contributed by atoms with Gasteiger partial charge in [-0.3, -0.25) is 14.9 Å². The molecular formula is C18H18N2O3. The van der Waals surface area contributed by atoms with Crippen LogP contribution in [0.3, 0.4) is 0 Å². The average molecular weight is 310 g/mol. The molecule has 0 saturated carbocycles. The lowest BCUT2D eigenvalue weighted by Crippen LogP contribution is -2.35. The van der Waals surface area contributed by atoms with Crippen LogP contribution < -0.4 is 4.90 Å². The number of rotatable bonds is 2. The number of fused-ring (bicyclic) bond motifs is 1. The number of nitro benzene ring substituents is 1. The minimum Gasteiger partial charge on any atom is -0.308 e. The lowest BCUT2D eigenvalue weighted by Gasteiger charge is -2.30. The van der Waals surface area contributed by atoms with Gasteiger partial charge < -0.3 is 4.90 Å². The number of carbonyl (C=O) groups is 1. The lowest BCUT2D eigenvalue weighted by atomic mass is 9.98. The fourth-order valence-corrected chi connectivity index (χ4v) is 3.09. The Balaban J connectivity index is 1.96. The van der Waals surface area contributed by atoms with Crippen LogP contribution in [0.5, 0.6) is 0 Å². The Morgan fingerprint density at radius 2 is 1.96 bits per heavy atom. The molecule has 2 aromatic carbocycles. The zero-order chi connectivity index (χ0) is 16.6. The van der Waals surface area contributed by atoms with Gasteiger partial charge in [-0.15, -0.1) is 0 Å². The first-order chi connectivity index (χ1) is 11.0. The quantitative estimate of drug-likeness (QED) is 0.626. The van der Waals surface area contributed by atoms with E-state index in [-0.39, 0.29) is 11.6 Å². The van der Waals surface area contributed by atoms with E-state index in [0.29, 0.717) is 17.7 Å². The van der Waals surface area contributed by atoms with E-state index in [9.17, 15) is 14.9 Å². The largest absolute Gasteiger partial charge is 0.308 e. The van der Waals surface area contributed by atoms with Gasteiger partial charge in [0.2, 0.25) is 0 Å². The summed E-state index contributed by atoms with van der Waals surface area (Å²) in [6.07, 6.45) is 1.90. The number of benzene rings is 2. The van der Waals surface area contributed by atoms with Gasteiger partial charge in [0.15, 0.2) is 0 Å². The van der Waals surface area contributed by atoms with Crippen LogP contribution in [0.2, 0.25) is 0 Å². The molecule has 23 heavy (non-hydrogen) atoms. The second-order valence-electron chi connectivity index (χ2n) is 5.95. The molecule has 5 nitrogen and oxygen atoms in total. The molecule has 118 valence electrons. The molecule has 0 aromatic heterocycles. The van der Waals surface area contributed by atoms with E-state index < -0.39 is 4.92 Å². The maximum atomic E-state index is 12.8. The zero-order valence-corrected chi connectivity index (χ0v) is 13.2. The number of anilines is 1. The van der Waals surface area contributed by atoms with Gasteiger partial charge in [-0.2, -0.15) is 0 Å². The molecule has 0 atom stereocenters. The summed E-state index contributed by atoms with van der Waals surface area (Å²) < 4.78 is 0. The molecule has 1 aliphatic heterocycles. The number of amides is 1. The molecule has 0 radical (unpaired) electrons. The highest BCUT2D eigenvalue weighted by Crippen LogP contribution is 2.30. The summed E-state index contributed by atoms with van der Waals surface area (Å²) in [5.74, 6) is -0.104. The van der Waals surface area contributed by atoms with Crippen molar-refractivity contribution in [1.29, 1.82) is 0 Å². The Labute approximate surface area is 134 Å². The summed E-state index contributed by atoms with van der Waals surface area (Å²) >= 11 is 0. The second kappa shape index (κ2) is 5.83. The van der Waals surface area contributed by atoms with Crippen LogP contribution >= 0.6 is 0 Å². The number of nitro groups is 1. The van der Waals surface area contributed by atoms with Crippen molar-refractivity contribution < 1.29 is 9.72 Å². The Hall–Kier alpha value is -2.69. The van der Waals surface area contributed by atoms with Crippen molar-refractivity contribution in [3.63, 3.8) is 0 Å². The van der Waals surface area contributed by atoms with E-state index in [4.69, 9.17) is 0 Å². The molecule has 0 saturated heterocycles. The van der Waals surface area contributed by atoms with Crippen LogP contribution in [-0.2, 0) is 6.42 Å². The van der Waals surface area contributed by atoms with Crippen molar-refractivity contribution in [2.24, 2.45) is 0 Å². The molecular weight excluding hydrogens is 292 g/mol. The normalized spacial score (nSPS) is 13.6. The van der Waals surface area contributed by atoms with Crippen LogP contribution in [0.15, 0.2) is 36.4 Å². The maximum Gasteiger partial charge on any atom is 0.272 e. The van der Waals surface area contributed by atoms with E-state index in [1.165, 1.54) is 23.3 Å². The monoisotopic (exact) mass is 310 g/mol. The molecule has 2 aromatic rings. The highest BCUT2D eigenvalue weighted by atomic mass is 16.6. The highest BCUT2D eigenvalue weighted by molar-refractivity contribution is 6.07. The van der Waals surface area contributed by atoms with Crippen molar-refractivity contribution in [2.75, 3.05) is 11.4 Å². The first-order valence-corrected chi connectivity index (χ1v) is 7.64. The fourth-order valence-electron chi connectivity index (χ4n) is 3.09. The van der Waals surface area contributed by atoms with Crippen LogP contribution in [0.4, 0.5) is 11.4 Å². The van der Waals surface area contributed by atoms with Gasteiger partial charge in [0, 0.05) is 29.4 Å². The molecule has 1 aliphatic rings. The average Bonchev–Trinajstić information content (AvgIpc) is 2.52. The number of hydrogen-bond donors (Lipinski definition) is 0. The molecule has 1 heterocycles. The predicted octanol–water partition coefficient (Wildman–Crippen LogP) is 3.80. The summed E-state index contributed by atoms with van der Waals surface area (Å²) in [7, 11) is 0. The summed E-state index contributed by atoms with van der Waals surface area (Å²) in [4.78, 5) is 25.1. The minimum absolute atomic E-state index is 0.0382. The number of hydrogen-bond acceptors (Lipinski definition) is 3. The summed E-state index contributed by atoms with van der Waals surface area (Å²) in [6.45, 7) is 4.37. The lowest BCUT2D eigenvalue weighted by molar-refractivity contribution is -0.385. The number of aryl methyl sites for hydroxylation is 3. The molecule has 5 heteroatoms. The Morgan fingerprint density at radius 1 is 1.17 bits per heavy atom. The zero-order valence-electron chi connectivity index (χ0n) is 13.2. The third-order valence-corrected chi connectivity index (χ3v) is 4.24. The number of nitrogens with zero attached hydrogens (tertiary/aromatic N) is 2. The van der Waals surface area contributed by atoms with Gasteiger partial charge in [0.25, 0.3) is 11.6 Å². The predicted molar refractivity (Wildman–Crippen MR) is 89.0 cm³/mol. The van der Waals surface area contributed by atoms with Gasteiger partial charge >= 0.3 is 0 Å². The van der Waals surface area contributed by atoms with E-state index in [2.05, 4.69) is 6.07 Å². The number of carbonyl (C=O) groups excluding carboxylic acids is 1. The van der Waals surface area contributed by atoms with Crippen molar-refractivity contribution in [3.05, 3.63) is 68.8 Å². The molecule has 1 amide bonds. The van der Waals surface area contributed by atoms with Gasteiger partial charge in [0.05, 0.1) is 4.92 Å². The van der Waals surface area contributed by atoms with Gasteiger partial charge in [-0.1, -0.05) is 17.7 Å². The van der Waals surface area contributed by atoms with Crippen LogP contribution in [0, 0.1) is 24.0 Å². The van der Waals surface area contributed by atoms with Gasteiger partial charge in [-0.05, 0) is 50.5 Å². The van der Waals surface area contributed by atoms with Gasteiger partial charge in [-0.25, -0.2) is 0 Å². The molecule has 3 rings (SSSR count). The van der Waals surface area contributed by atoms with E-state index in [0.717, 1.165) is 18.5 Å². The Kier molecular flexibility index (Phi) is 3.86. The smallest absolute Gasteiger partial charge is 0.272 e. The van der Waals surface area contributed by atoms with Crippen molar-refractivity contribution >= 4 is 17.3 Å². The van der Waals surface area contributed by atoms with Crippen LogP contribution in [0.25, 0.3) is 0 Å². The second-order valence-corrected chi connectivity index (χ2v) is 5.95. The third-order valence-electron chi connectivity index (χ3n) is 4.24. The van der Waals surface area contributed by atoms with Crippen molar-refractivity contribution in [3.8, 4) is 0 Å². The molecule has 0 aliphatic carbocycles. The summed E-state index contributed by atoms with van der Waals surface area (Å²) in [6, 6.07) is 10.7. The highest BCUT2D eigenvalue weighted by Gasteiger charge is 2.24. The molecule has 0 N–H and O–H groups in total. The summed E-state index contributed by atoms with van der Waals surface area (Å²) in [5, 5.41) is 10.9. The topological polar surface area (TPSA) is 63.5 Å². The van der Waals surface area contributed by atoms with E-state index in [1.807, 2.05) is 19.1 Å². The van der Waals surface area contributed by atoms with Crippen LogP contribution in [-0.4, -0.2) is 17.4 Å². The minimum atomic E-state index is -0.428. The fraction of sp³-hybridized carbons (Fsp3) is 0.278. The maximum absolute atomic E-state index is 12.8. The summed E-state index contributed by atoms with van der Waals surface area (Å²) in [5.41, 5.74) is 4.34. The third kappa shape index (κ3) is 2.82. The standard InChI is InChI=1S/C18H18N2O3/c1-12-5-7-17-14(10-12)4-3-9-19(17)18(21)15-6-8-16(20(22)23)13(2)11-15/h5-8,10-11H,3-4,9H2,1-2H3. The molecule has 0 fully saturated rings. The van der Waals surface area contributed by atoms with E-state index in [1.54, 1.807) is 17.9 Å². The first kappa shape index (κ1) is 15.2. The van der Waals surface area contributed by atoms with E-state index >= 15 is 0 Å². The Morgan fingerprint density at radius 3 is 2.65 bits per heavy atom. The molecule has 0 spiro atoms. The van der Waals surface area contributed by atoms with Crippen molar-refractivity contribution in [2.45, 2.75) is 26.7 Å². The van der Waals surface area contributed by atoms with Crippen LogP contribution in [0.1, 0.15) is 33.5 Å².